The van der Waals surface area contributed by atoms with E-state index in [1.165, 1.54) is 36.4 Å². The predicted octanol–water partition coefficient (Wildman–Crippen LogP) is 3.98. The summed E-state index contributed by atoms with van der Waals surface area (Å²) in [5, 5.41) is 9.30. The molecule has 0 spiro atoms. The average molecular weight is 702 g/mol. The fourth-order valence-corrected chi connectivity index (χ4v) is 6.03. The molecule has 50 heavy (non-hydrogen) atoms. The lowest BCUT2D eigenvalue weighted by Gasteiger charge is -2.19. The molecular weight excluding hydrogens is 669 g/mol. The summed E-state index contributed by atoms with van der Waals surface area (Å²) in [4.78, 5) is 27.8. The zero-order valence-electron chi connectivity index (χ0n) is 26.9. The van der Waals surface area contributed by atoms with Crippen molar-refractivity contribution in [1.29, 1.82) is 0 Å². The van der Waals surface area contributed by atoms with Crippen molar-refractivity contribution in [1.82, 2.24) is 29.6 Å². The van der Waals surface area contributed by atoms with Crippen LogP contribution in [0.2, 0.25) is 0 Å². The van der Waals surface area contributed by atoms with Crippen molar-refractivity contribution in [3.05, 3.63) is 95.6 Å². The van der Waals surface area contributed by atoms with Gasteiger partial charge in [0.25, 0.3) is 0 Å². The molecule has 3 heterocycles. The average Bonchev–Trinajstić information content (AvgIpc) is 3.28. The molecule has 2 aromatic heterocycles. The fourth-order valence-electron chi connectivity index (χ4n) is 5.00. The van der Waals surface area contributed by atoms with Crippen LogP contribution in [0.4, 0.5) is 55.6 Å². The van der Waals surface area contributed by atoms with Gasteiger partial charge in [0.1, 0.15) is 17.3 Å². The number of aliphatic imine (C=N–C) groups is 1. The second-order valence-corrected chi connectivity index (χ2v) is 13.1. The van der Waals surface area contributed by atoms with Crippen molar-refractivity contribution < 1.29 is 17.2 Å². The number of nitrogen functional groups attached to an aromatic ring is 2. The van der Waals surface area contributed by atoms with Gasteiger partial charge in [-0.15, -0.1) is 0 Å². The van der Waals surface area contributed by atoms with Crippen LogP contribution in [-0.2, 0) is 10.0 Å². The third-order valence-electron chi connectivity index (χ3n) is 7.48. The summed E-state index contributed by atoms with van der Waals surface area (Å²) in [5.41, 5.74) is 14.8. The van der Waals surface area contributed by atoms with E-state index >= 15 is 0 Å². The number of hydrogen-bond donors (Lipinski definition) is 6. The lowest BCUT2D eigenvalue weighted by molar-refractivity contribution is 0.582. The van der Waals surface area contributed by atoms with Gasteiger partial charge in [0.05, 0.1) is 16.6 Å². The third-order valence-corrected chi connectivity index (χ3v) is 8.95. The summed E-state index contributed by atoms with van der Waals surface area (Å²) >= 11 is 0. The summed E-state index contributed by atoms with van der Waals surface area (Å²) in [6.07, 6.45) is 0.338. The minimum Gasteiger partial charge on any atom is -0.382 e. The Morgan fingerprint density at radius 3 is 2.18 bits per heavy atom. The molecule has 0 radical (unpaired) electrons. The van der Waals surface area contributed by atoms with Crippen molar-refractivity contribution in [3.8, 4) is 0 Å². The minimum absolute atomic E-state index is 0.0186. The van der Waals surface area contributed by atoms with E-state index in [0.29, 0.717) is 40.8 Å². The molecule has 15 nitrogen and oxygen atoms in total. The van der Waals surface area contributed by atoms with Crippen LogP contribution in [0.25, 0.3) is 0 Å². The molecule has 18 heteroatoms. The molecule has 0 amide bonds. The van der Waals surface area contributed by atoms with Crippen molar-refractivity contribution in [2.75, 3.05) is 59.5 Å². The summed E-state index contributed by atoms with van der Waals surface area (Å²) in [6.45, 7) is 0.177. The number of nitrogens with zero attached hydrogens (tertiary/aromatic N) is 7. The Labute approximate surface area is 286 Å². The van der Waals surface area contributed by atoms with Gasteiger partial charge < -0.3 is 32.3 Å². The predicted molar refractivity (Wildman–Crippen MR) is 188 cm³/mol. The van der Waals surface area contributed by atoms with E-state index in [2.05, 4.69) is 45.6 Å². The number of rotatable bonds is 11. The van der Waals surface area contributed by atoms with Gasteiger partial charge in [-0.2, -0.15) is 24.9 Å². The van der Waals surface area contributed by atoms with Gasteiger partial charge in [0.2, 0.25) is 33.8 Å². The number of sulfonamides is 1. The van der Waals surface area contributed by atoms with Crippen LogP contribution in [0.15, 0.2) is 82.7 Å². The zero-order valence-corrected chi connectivity index (χ0v) is 27.7. The normalized spacial score (nSPS) is 14.2. The van der Waals surface area contributed by atoms with Gasteiger partial charge in [-0.05, 0) is 59.7 Å². The van der Waals surface area contributed by atoms with Crippen LogP contribution in [-0.4, -0.2) is 66.2 Å². The quantitative estimate of drug-likeness (QED) is 0.108. The lowest BCUT2D eigenvalue weighted by atomic mass is 9.97. The molecule has 5 aromatic rings. The summed E-state index contributed by atoms with van der Waals surface area (Å²) < 4.78 is 55.9. The molecular formula is C32H33F2N13O2S. The largest absolute Gasteiger partial charge is 0.382 e. The number of hydrogen-bond acceptors (Lipinski definition) is 14. The van der Waals surface area contributed by atoms with Crippen LogP contribution in [0.3, 0.4) is 0 Å². The molecule has 1 aliphatic heterocycles. The molecule has 0 saturated heterocycles. The van der Waals surface area contributed by atoms with E-state index < -0.39 is 10.0 Å². The molecule has 0 fully saturated rings. The molecule has 0 saturated carbocycles. The highest BCUT2D eigenvalue weighted by molar-refractivity contribution is 7.89. The van der Waals surface area contributed by atoms with Gasteiger partial charge in [0.15, 0.2) is 11.6 Å². The second kappa shape index (κ2) is 14.2. The van der Waals surface area contributed by atoms with Crippen LogP contribution in [0.5, 0.6) is 0 Å². The van der Waals surface area contributed by atoms with E-state index in [9.17, 15) is 17.2 Å². The van der Waals surface area contributed by atoms with Gasteiger partial charge in [-0.25, -0.2) is 26.9 Å². The van der Waals surface area contributed by atoms with Crippen LogP contribution >= 0.6 is 0 Å². The summed E-state index contributed by atoms with van der Waals surface area (Å²) in [5.74, 6) is 0.414. The number of fused-ring (bicyclic) bond motifs is 1. The highest BCUT2D eigenvalue weighted by Crippen LogP contribution is 2.37. The molecule has 1 aliphatic rings. The first kappa shape index (κ1) is 33.9. The van der Waals surface area contributed by atoms with Crippen molar-refractivity contribution >= 4 is 62.5 Å². The molecule has 6 rings (SSSR count). The Balaban J connectivity index is 1.14. The zero-order chi connectivity index (χ0) is 35.4. The molecule has 258 valence electrons. The number of benzene rings is 3. The van der Waals surface area contributed by atoms with Crippen molar-refractivity contribution in [2.45, 2.75) is 17.4 Å². The van der Waals surface area contributed by atoms with Crippen molar-refractivity contribution in [2.24, 2.45) is 4.99 Å². The second-order valence-electron chi connectivity index (χ2n) is 11.3. The van der Waals surface area contributed by atoms with E-state index in [0.717, 1.165) is 5.56 Å². The maximum Gasteiger partial charge on any atom is 0.240 e. The topological polar surface area (TPSA) is 214 Å². The Hall–Kier alpha value is -6.01. The highest BCUT2D eigenvalue weighted by Gasteiger charge is 2.25. The molecule has 3 aromatic carbocycles. The first-order chi connectivity index (χ1) is 23.9. The van der Waals surface area contributed by atoms with E-state index in [1.54, 1.807) is 55.4 Å². The number of nitrogens with one attached hydrogen (secondary N) is 4. The van der Waals surface area contributed by atoms with E-state index in [-0.39, 0.29) is 59.3 Å². The van der Waals surface area contributed by atoms with Gasteiger partial charge >= 0.3 is 0 Å². The Morgan fingerprint density at radius 1 is 0.840 bits per heavy atom. The van der Waals surface area contributed by atoms with E-state index in [4.69, 9.17) is 16.5 Å². The minimum atomic E-state index is -3.90. The smallest absolute Gasteiger partial charge is 0.240 e. The number of nitrogens with two attached hydrogens (primary N) is 2. The van der Waals surface area contributed by atoms with Crippen LogP contribution in [0, 0.1) is 11.6 Å². The summed E-state index contributed by atoms with van der Waals surface area (Å²) in [7, 11) is -0.365. The molecule has 8 N–H and O–H groups in total. The lowest BCUT2D eigenvalue weighted by Crippen LogP contribution is -2.29. The monoisotopic (exact) mass is 701 g/mol. The maximum absolute atomic E-state index is 13.7. The first-order valence-corrected chi connectivity index (χ1v) is 16.7. The third kappa shape index (κ3) is 7.99. The Bertz CT molecular complexity index is 2130. The Kier molecular flexibility index (Phi) is 9.64. The Morgan fingerprint density at radius 2 is 1.50 bits per heavy atom. The fraction of sp³-hybridized carbons (Fsp3) is 0.188. The van der Waals surface area contributed by atoms with Gasteiger partial charge in [-0.3, -0.25) is 0 Å². The van der Waals surface area contributed by atoms with Gasteiger partial charge in [0, 0.05) is 39.3 Å². The molecule has 1 atom stereocenters. The van der Waals surface area contributed by atoms with Crippen LogP contribution in [0.1, 0.15) is 23.6 Å². The summed E-state index contributed by atoms with van der Waals surface area (Å²) in [6, 6.07) is 17.6. The van der Waals surface area contributed by atoms with Crippen molar-refractivity contribution in [3.63, 3.8) is 0 Å². The van der Waals surface area contributed by atoms with Gasteiger partial charge in [-0.1, -0.05) is 24.3 Å². The standard InChI is InChI=1S/C32H33F2N13O2S/c1-47(2)32-45-30(44-31(46-32)39-22-11-9-21(34)10-12-22)37-15-16-38-50(48,49)23-13-5-19(6-14-23)24-17-25(18-3-7-20(33)8-4-18)41-28-26(40-24)27(35)42-29(36)43-28/h3-14,25,38H,15-17H2,1-2H3,(H5,35,36,41,42,43)(H2,37,39,44,45,46). The number of aromatic nitrogens is 5. The van der Waals surface area contributed by atoms with Crippen LogP contribution < -0.4 is 37.0 Å². The number of anilines is 7. The first-order valence-electron chi connectivity index (χ1n) is 15.3. The maximum atomic E-state index is 13.7. The molecule has 0 bridgehead atoms. The molecule has 1 unspecified atom stereocenters. The number of halogens is 2. The molecule has 0 aliphatic carbocycles. The SMILES string of the molecule is CN(C)c1nc(NCCNS(=O)(=O)c2ccc(C3=Nc4c(N)nc(N)nc4NC(c4ccc(F)cc4)C3)cc2)nc(Nc2ccc(F)cc2)n1. The highest BCUT2D eigenvalue weighted by atomic mass is 32.2. The van der Waals surface area contributed by atoms with E-state index in [1.807, 2.05) is 0 Å².